The number of methoxy groups -OCH3 is 1. The van der Waals surface area contributed by atoms with Crippen LogP contribution in [0.25, 0.3) is 17.1 Å². The van der Waals surface area contributed by atoms with Crippen molar-refractivity contribution in [3.05, 3.63) is 53.6 Å². The molecule has 1 atom stereocenters. The van der Waals surface area contributed by atoms with E-state index in [-0.39, 0.29) is 5.25 Å². The van der Waals surface area contributed by atoms with Crippen LogP contribution in [0.15, 0.2) is 53.7 Å². The minimum atomic E-state index is -0.0849. The van der Waals surface area contributed by atoms with E-state index >= 15 is 0 Å². The Kier molecular flexibility index (Phi) is 6.21. The molecule has 0 N–H and O–H groups in total. The summed E-state index contributed by atoms with van der Waals surface area (Å²) < 4.78 is 7.52. The van der Waals surface area contributed by atoms with Crippen molar-refractivity contribution in [1.82, 2.24) is 14.8 Å². The molecular formula is C22H22ClN3O2S. The normalized spacial score (nSPS) is 17.2. The quantitative estimate of drug-likeness (QED) is 0.497. The van der Waals surface area contributed by atoms with E-state index in [0.717, 1.165) is 42.7 Å². The highest BCUT2D eigenvalue weighted by molar-refractivity contribution is 8.00. The molecule has 1 heterocycles. The lowest BCUT2D eigenvalue weighted by Crippen LogP contribution is -2.16. The number of rotatable bonds is 5. The Balaban J connectivity index is 1.80. The largest absolute Gasteiger partial charge is 0.496 e. The molecule has 0 bridgehead atoms. The monoisotopic (exact) mass is 427 g/mol. The Morgan fingerprint density at radius 2 is 1.86 bits per heavy atom. The third-order valence-electron chi connectivity index (χ3n) is 5.06. The van der Waals surface area contributed by atoms with Crippen LogP contribution in [0.1, 0.15) is 32.1 Å². The smallest absolute Gasteiger partial charge is 0.196 e. The fourth-order valence-corrected chi connectivity index (χ4v) is 4.85. The maximum atomic E-state index is 12.6. The van der Waals surface area contributed by atoms with Crippen molar-refractivity contribution in [2.45, 2.75) is 42.5 Å². The first-order chi connectivity index (χ1) is 14.2. The number of nitrogens with zero attached hydrogens (tertiary/aromatic N) is 3. The molecule has 1 unspecified atom stereocenters. The number of para-hydroxylation sites is 1. The van der Waals surface area contributed by atoms with Crippen LogP contribution < -0.4 is 4.74 Å². The fraction of sp³-hybridized carbons (Fsp3) is 0.318. The number of carbonyl (C=O) groups excluding carboxylic acids is 1. The van der Waals surface area contributed by atoms with Crippen LogP contribution in [0.2, 0.25) is 5.02 Å². The second kappa shape index (κ2) is 9.01. The van der Waals surface area contributed by atoms with E-state index in [2.05, 4.69) is 10.2 Å². The van der Waals surface area contributed by atoms with Gasteiger partial charge >= 0.3 is 0 Å². The zero-order valence-electron chi connectivity index (χ0n) is 16.2. The summed E-state index contributed by atoms with van der Waals surface area (Å²) in [6.07, 6.45) is 4.68. The van der Waals surface area contributed by atoms with Crippen molar-refractivity contribution >= 4 is 29.1 Å². The van der Waals surface area contributed by atoms with Crippen LogP contribution in [0.5, 0.6) is 5.75 Å². The number of benzene rings is 2. The lowest BCUT2D eigenvalue weighted by atomic mass is 10.2. The molecule has 3 aromatic rings. The number of hydrogen-bond donors (Lipinski definition) is 0. The van der Waals surface area contributed by atoms with Crippen LogP contribution in [-0.2, 0) is 4.79 Å². The minimum Gasteiger partial charge on any atom is -0.496 e. The summed E-state index contributed by atoms with van der Waals surface area (Å²) >= 11 is 7.61. The number of carbonyl (C=O) groups is 1. The molecule has 5 nitrogen and oxygen atoms in total. The first-order valence-electron chi connectivity index (χ1n) is 9.71. The average molecular weight is 428 g/mol. The molecule has 2 aromatic carbocycles. The van der Waals surface area contributed by atoms with E-state index in [0.29, 0.717) is 28.2 Å². The Morgan fingerprint density at radius 1 is 1.07 bits per heavy atom. The van der Waals surface area contributed by atoms with E-state index in [1.165, 1.54) is 11.8 Å². The van der Waals surface area contributed by atoms with Gasteiger partial charge in [-0.25, -0.2) is 0 Å². The first-order valence-corrected chi connectivity index (χ1v) is 11.0. The number of ether oxygens (including phenoxy) is 1. The van der Waals surface area contributed by atoms with Gasteiger partial charge in [-0.15, -0.1) is 10.2 Å². The summed E-state index contributed by atoms with van der Waals surface area (Å²) in [4.78, 5) is 12.6. The van der Waals surface area contributed by atoms with Gasteiger partial charge in [0.15, 0.2) is 11.0 Å². The molecule has 1 fully saturated rings. The van der Waals surface area contributed by atoms with Crippen LogP contribution in [0.3, 0.4) is 0 Å². The lowest BCUT2D eigenvalue weighted by Gasteiger charge is -2.15. The third kappa shape index (κ3) is 4.33. The highest BCUT2D eigenvalue weighted by Gasteiger charge is 2.26. The van der Waals surface area contributed by atoms with Gasteiger partial charge in [-0.1, -0.05) is 48.3 Å². The summed E-state index contributed by atoms with van der Waals surface area (Å²) in [6.45, 7) is 0. The predicted octanol–water partition coefficient (Wildman–Crippen LogP) is 5.59. The number of ketones is 1. The van der Waals surface area contributed by atoms with Crippen molar-refractivity contribution in [2.75, 3.05) is 7.11 Å². The summed E-state index contributed by atoms with van der Waals surface area (Å²) in [5.41, 5.74) is 1.74. The van der Waals surface area contributed by atoms with Gasteiger partial charge < -0.3 is 4.74 Å². The highest BCUT2D eigenvalue weighted by atomic mass is 35.5. The van der Waals surface area contributed by atoms with Crippen LogP contribution in [-0.4, -0.2) is 32.9 Å². The molecule has 4 rings (SSSR count). The van der Waals surface area contributed by atoms with Crippen molar-refractivity contribution in [2.24, 2.45) is 0 Å². The Bertz CT molecular complexity index is 1000. The van der Waals surface area contributed by atoms with Gasteiger partial charge in [0, 0.05) is 17.1 Å². The second-order valence-corrected chi connectivity index (χ2v) is 8.60. The average Bonchev–Trinajstić information content (AvgIpc) is 3.05. The van der Waals surface area contributed by atoms with Gasteiger partial charge in [-0.3, -0.25) is 9.36 Å². The summed E-state index contributed by atoms with van der Waals surface area (Å²) in [5, 5.41) is 10.2. The lowest BCUT2D eigenvalue weighted by molar-refractivity contribution is -0.118. The van der Waals surface area contributed by atoms with E-state index in [4.69, 9.17) is 16.3 Å². The number of aromatic nitrogens is 3. The number of halogens is 1. The number of hydrogen-bond acceptors (Lipinski definition) is 5. The van der Waals surface area contributed by atoms with Crippen LogP contribution in [0, 0.1) is 0 Å². The molecule has 7 heteroatoms. The van der Waals surface area contributed by atoms with Gasteiger partial charge in [-0.05, 0) is 49.2 Å². The van der Waals surface area contributed by atoms with Crippen molar-refractivity contribution in [3.8, 4) is 22.8 Å². The van der Waals surface area contributed by atoms with Crippen molar-refractivity contribution in [3.63, 3.8) is 0 Å². The maximum Gasteiger partial charge on any atom is 0.196 e. The molecular weight excluding hydrogens is 406 g/mol. The molecule has 1 aliphatic rings. The molecule has 1 aromatic heterocycles. The molecule has 0 saturated heterocycles. The van der Waals surface area contributed by atoms with Gasteiger partial charge in [0.25, 0.3) is 0 Å². The van der Waals surface area contributed by atoms with Crippen LogP contribution in [0.4, 0.5) is 0 Å². The van der Waals surface area contributed by atoms with Crippen molar-refractivity contribution < 1.29 is 9.53 Å². The fourth-order valence-electron chi connectivity index (χ4n) is 3.55. The Morgan fingerprint density at radius 3 is 2.66 bits per heavy atom. The molecule has 0 amide bonds. The third-order valence-corrected chi connectivity index (χ3v) is 6.57. The van der Waals surface area contributed by atoms with Gasteiger partial charge in [-0.2, -0.15) is 0 Å². The predicted molar refractivity (Wildman–Crippen MR) is 116 cm³/mol. The van der Waals surface area contributed by atoms with E-state index in [1.54, 1.807) is 7.11 Å². The van der Waals surface area contributed by atoms with E-state index in [1.807, 2.05) is 53.1 Å². The van der Waals surface area contributed by atoms with Gasteiger partial charge in [0.05, 0.1) is 17.9 Å². The Hall–Kier alpha value is -2.31. The zero-order chi connectivity index (χ0) is 20.2. The minimum absolute atomic E-state index is 0.0849. The molecule has 29 heavy (non-hydrogen) atoms. The molecule has 150 valence electrons. The van der Waals surface area contributed by atoms with Gasteiger partial charge in [0.1, 0.15) is 11.5 Å². The second-order valence-electron chi connectivity index (χ2n) is 6.99. The SMILES string of the molecule is COc1ccccc1-c1nnc(SC2CCCCCC2=O)n1-c1ccc(Cl)cc1. The summed E-state index contributed by atoms with van der Waals surface area (Å²) in [7, 11) is 1.64. The standard InChI is InChI=1S/C22H22ClN3O2S/c1-28-19-9-6-5-7-17(19)21-24-25-22(26(21)16-13-11-15(23)12-14-16)29-20-10-4-2-3-8-18(20)27/h5-7,9,11-14,20H,2-4,8,10H2,1H3. The number of Topliss-reactive ketones (excluding diaryl/α,β-unsaturated/α-hetero) is 1. The topological polar surface area (TPSA) is 57.0 Å². The number of thioether (sulfide) groups is 1. The van der Waals surface area contributed by atoms with Gasteiger partial charge in [0.2, 0.25) is 0 Å². The molecule has 0 radical (unpaired) electrons. The van der Waals surface area contributed by atoms with E-state index in [9.17, 15) is 4.79 Å². The summed E-state index contributed by atoms with van der Waals surface area (Å²) in [6, 6.07) is 15.3. The van der Waals surface area contributed by atoms with Crippen LogP contribution >= 0.6 is 23.4 Å². The highest BCUT2D eigenvalue weighted by Crippen LogP contribution is 2.36. The Labute approximate surface area is 179 Å². The van der Waals surface area contributed by atoms with Crippen molar-refractivity contribution in [1.29, 1.82) is 0 Å². The summed E-state index contributed by atoms with van der Waals surface area (Å²) in [5.74, 6) is 1.70. The molecule has 1 saturated carbocycles. The first kappa shape index (κ1) is 20.0. The van der Waals surface area contributed by atoms with E-state index < -0.39 is 0 Å². The molecule has 0 spiro atoms. The molecule has 0 aliphatic heterocycles. The maximum absolute atomic E-state index is 12.6. The zero-order valence-corrected chi connectivity index (χ0v) is 17.7. The molecule has 1 aliphatic carbocycles.